The maximum Gasteiger partial charge on any atom is 0.251 e. The third-order valence-electron chi connectivity index (χ3n) is 3.97. The lowest BCUT2D eigenvalue weighted by Crippen LogP contribution is -2.26. The summed E-state index contributed by atoms with van der Waals surface area (Å²) in [7, 11) is 4.72. The first-order chi connectivity index (χ1) is 12.0. The molecule has 1 amide bonds. The zero-order valence-corrected chi connectivity index (χ0v) is 15.0. The van der Waals surface area contributed by atoms with Gasteiger partial charge in [0.1, 0.15) is 0 Å². The molecule has 134 valence electrons. The van der Waals surface area contributed by atoms with Crippen molar-refractivity contribution in [3.63, 3.8) is 0 Å². The minimum Gasteiger partial charge on any atom is -0.493 e. The van der Waals surface area contributed by atoms with Gasteiger partial charge in [0, 0.05) is 23.4 Å². The summed E-state index contributed by atoms with van der Waals surface area (Å²) in [5, 5.41) is 2.91. The lowest BCUT2D eigenvalue weighted by Gasteiger charge is -2.16. The summed E-state index contributed by atoms with van der Waals surface area (Å²) in [4.78, 5) is 12.3. The maximum atomic E-state index is 12.3. The minimum absolute atomic E-state index is 0.149. The van der Waals surface area contributed by atoms with E-state index in [4.69, 9.17) is 19.9 Å². The van der Waals surface area contributed by atoms with Crippen LogP contribution in [0.5, 0.6) is 17.2 Å². The molecule has 0 radical (unpaired) electrons. The number of aryl methyl sites for hydroxylation is 1. The second-order valence-corrected chi connectivity index (χ2v) is 5.57. The Kier molecular flexibility index (Phi) is 6.11. The molecular weight excluding hydrogens is 320 g/mol. The summed E-state index contributed by atoms with van der Waals surface area (Å²) < 4.78 is 16.1. The second-order valence-electron chi connectivity index (χ2n) is 5.57. The van der Waals surface area contributed by atoms with E-state index >= 15 is 0 Å². The van der Waals surface area contributed by atoms with E-state index < -0.39 is 0 Å². The number of hydrogen-bond acceptors (Lipinski definition) is 5. The Morgan fingerprint density at radius 2 is 1.76 bits per heavy atom. The largest absolute Gasteiger partial charge is 0.493 e. The maximum absolute atomic E-state index is 12.3. The highest BCUT2D eigenvalue weighted by Gasteiger charge is 2.16. The molecule has 3 N–H and O–H groups in total. The number of nitrogen functional groups attached to an aromatic ring is 1. The molecule has 2 aromatic rings. The molecule has 6 heteroatoms. The molecule has 0 atom stereocenters. The topological polar surface area (TPSA) is 82.8 Å². The standard InChI is InChI=1S/C19H24N2O4/c1-12-5-7-14(20)11-15(12)19(22)21-10-9-13-6-8-16(23-2)18(25-4)17(13)24-3/h5-8,11H,9-10,20H2,1-4H3,(H,21,22). The summed E-state index contributed by atoms with van der Waals surface area (Å²) in [6, 6.07) is 9.02. The molecule has 0 saturated heterocycles. The van der Waals surface area contributed by atoms with E-state index in [0.717, 1.165) is 11.1 Å². The van der Waals surface area contributed by atoms with E-state index in [1.807, 2.05) is 25.1 Å². The van der Waals surface area contributed by atoms with Gasteiger partial charge in [0.2, 0.25) is 5.75 Å². The molecule has 0 saturated carbocycles. The minimum atomic E-state index is -0.149. The molecule has 0 spiro atoms. The predicted molar refractivity (Wildman–Crippen MR) is 97.7 cm³/mol. The van der Waals surface area contributed by atoms with Crippen molar-refractivity contribution in [2.45, 2.75) is 13.3 Å². The van der Waals surface area contributed by atoms with Crippen molar-refractivity contribution in [3.8, 4) is 17.2 Å². The Hall–Kier alpha value is -2.89. The summed E-state index contributed by atoms with van der Waals surface area (Å²) in [5.41, 5.74) is 8.72. The summed E-state index contributed by atoms with van der Waals surface area (Å²) in [5.74, 6) is 1.60. The molecule has 0 aromatic heterocycles. The first kappa shape index (κ1) is 18.4. The third kappa shape index (κ3) is 4.15. The zero-order valence-electron chi connectivity index (χ0n) is 15.0. The van der Waals surface area contributed by atoms with Gasteiger partial charge in [-0.15, -0.1) is 0 Å². The number of anilines is 1. The third-order valence-corrected chi connectivity index (χ3v) is 3.97. The first-order valence-electron chi connectivity index (χ1n) is 7.94. The average Bonchev–Trinajstić information content (AvgIpc) is 2.62. The van der Waals surface area contributed by atoms with Crippen LogP contribution in [0, 0.1) is 6.92 Å². The van der Waals surface area contributed by atoms with Crippen LogP contribution < -0.4 is 25.3 Å². The highest BCUT2D eigenvalue weighted by atomic mass is 16.5. The summed E-state index contributed by atoms with van der Waals surface area (Å²) in [6.07, 6.45) is 0.594. The molecule has 0 fully saturated rings. The van der Waals surface area contributed by atoms with Crippen LogP contribution in [0.15, 0.2) is 30.3 Å². The number of benzene rings is 2. The summed E-state index contributed by atoms with van der Waals surface area (Å²) >= 11 is 0. The fraction of sp³-hybridized carbons (Fsp3) is 0.316. The first-order valence-corrected chi connectivity index (χ1v) is 7.94. The number of ether oxygens (including phenoxy) is 3. The lowest BCUT2D eigenvalue weighted by molar-refractivity contribution is 0.0953. The van der Waals surface area contributed by atoms with E-state index in [1.54, 1.807) is 33.5 Å². The molecule has 6 nitrogen and oxygen atoms in total. The SMILES string of the molecule is COc1ccc(CCNC(=O)c2cc(N)ccc2C)c(OC)c1OC. The van der Waals surface area contributed by atoms with Crippen LogP contribution in [0.2, 0.25) is 0 Å². The van der Waals surface area contributed by atoms with E-state index in [9.17, 15) is 4.79 Å². The average molecular weight is 344 g/mol. The second kappa shape index (κ2) is 8.28. The van der Waals surface area contributed by atoms with Crippen molar-refractivity contribution >= 4 is 11.6 Å². The number of methoxy groups -OCH3 is 3. The number of carbonyl (C=O) groups excluding carboxylic acids is 1. The molecule has 0 unspecified atom stereocenters. The Morgan fingerprint density at radius 3 is 2.40 bits per heavy atom. The Morgan fingerprint density at radius 1 is 1.04 bits per heavy atom. The van der Waals surface area contributed by atoms with Crippen molar-refractivity contribution < 1.29 is 19.0 Å². The van der Waals surface area contributed by atoms with Gasteiger partial charge in [0.05, 0.1) is 21.3 Å². The van der Waals surface area contributed by atoms with Gasteiger partial charge in [-0.2, -0.15) is 0 Å². The fourth-order valence-electron chi connectivity index (χ4n) is 2.65. The molecule has 2 rings (SSSR count). The number of hydrogen-bond donors (Lipinski definition) is 2. The summed E-state index contributed by atoms with van der Waals surface area (Å²) in [6.45, 7) is 2.34. The van der Waals surface area contributed by atoms with E-state index in [-0.39, 0.29) is 5.91 Å². The van der Waals surface area contributed by atoms with E-state index in [0.29, 0.717) is 41.5 Å². The van der Waals surface area contributed by atoms with Crippen molar-refractivity contribution in [1.82, 2.24) is 5.32 Å². The number of amides is 1. The molecule has 0 aliphatic heterocycles. The quantitative estimate of drug-likeness (QED) is 0.754. The monoisotopic (exact) mass is 344 g/mol. The smallest absolute Gasteiger partial charge is 0.251 e. The van der Waals surface area contributed by atoms with Crippen molar-refractivity contribution in [2.75, 3.05) is 33.6 Å². The molecule has 0 aliphatic carbocycles. The number of nitrogens with two attached hydrogens (primary N) is 1. The van der Waals surface area contributed by atoms with Gasteiger partial charge >= 0.3 is 0 Å². The number of carbonyl (C=O) groups is 1. The molecule has 0 aliphatic rings. The molecule has 25 heavy (non-hydrogen) atoms. The predicted octanol–water partition coefficient (Wildman–Crippen LogP) is 2.58. The van der Waals surface area contributed by atoms with Gasteiger partial charge in [-0.3, -0.25) is 4.79 Å². The molecule has 2 aromatic carbocycles. The fourth-order valence-corrected chi connectivity index (χ4v) is 2.65. The van der Waals surface area contributed by atoms with Gasteiger partial charge in [0.15, 0.2) is 11.5 Å². The van der Waals surface area contributed by atoms with Crippen LogP contribution in [0.4, 0.5) is 5.69 Å². The van der Waals surface area contributed by atoms with Crippen LogP contribution >= 0.6 is 0 Å². The Labute approximate surface area is 147 Å². The molecule has 0 heterocycles. The van der Waals surface area contributed by atoms with Gasteiger partial charge in [0.25, 0.3) is 5.91 Å². The van der Waals surface area contributed by atoms with Gasteiger partial charge in [-0.1, -0.05) is 12.1 Å². The van der Waals surface area contributed by atoms with Crippen molar-refractivity contribution in [2.24, 2.45) is 0 Å². The molecular formula is C19H24N2O4. The van der Waals surface area contributed by atoms with Crippen LogP contribution in [0.1, 0.15) is 21.5 Å². The van der Waals surface area contributed by atoms with Crippen LogP contribution in [0.3, 0.4) is 0 Å². The normalized spacial score (nSPS) is 10.2. The van der Waals surface area contributed by atoms with E-state index in [1.165, 1.54) is 0 Å². The van der Waals surface area contributed by atoms with Gasteiger partial charge < -0.3 is 25.3 Å². The number of rotatable bonds is 7. The van der Waals surface area contributed by atoms with Crippen LogP contribution in [-0.2, 0) is 6.42 Å². The highest BCUT2D eigenvalue weighted by molar-refractivity contribution is 5.96. The van der Waals surface area contributed by atoms with E-state index in [2.05, 4.69) is 5.32 Å². The zero-order chi connectivity index (χ0) is 18.4. The van der Waals surface area contributed by atoms with Crippen molar-refractivity contribution in [1.29, 1.82) is 0 Å². The van der Waals surface area contributed by atoms with Crippen LogP contribution in [-0.4, -0.2) is 33.8 Å². The highest BCUT2D eigenvalue weighted by Crippen LogP contribution is 2.39. The Balaban J connectivity index is 2.09. The van der Waals surface area contributed by atoms with Crippen molar-refractivity contribution in [3.05, 3.63) is 47.0 Å². The van der Waals surface area contributed by atoms with Gasteiger partial charge in [-0.25, -0.2) is 0 Å². The van der Waals surface area contributed by atoms with Crippen LogP contribution in [0.25, 0.3) is 0 Å². The molecule has 0 bridgehead atoms. The Bertz CT molecular complexity index is 759. The lowest BCUT2D eigenvalue weighted by atomic mass is 10.1. The van der Waals surface area contributed by atoms with Gasteiger partial charge in [-0.05, 0) is 37.1 Å². The number of nitrogens with one attached hydrogen (secondary N) is 1.